The average molecular weight is 623 g/mol. The summed E-state index contributed by atoms with van der Waals surface area (Å²) in [5.41, 5.74) is 4.44. The van der Waals surface area contributed by atoms with Crippen LogP contribution in [0.15, 0.2) is 70.5 Å². The summed E-state index contributed by atoms with van der Waals surface area (Å²) < 4.78 is 68.6. The normalized spacial score (nSPS) is 11.7. The van der Waals surface area contributed by atoms with Gasteiger partial charge in [0, 0.05) is 0 Å². The van der Waals surface area contributed by atoms with Gasteiger partial charge in [-0.1, -0.05) is 89.8 Å². The van der Waals surface area contributed by atoms with Gasteiger partial charge in [-0.2, -0.15) is 0 Å². The number of rotatable bonds is 10. The molecule has 0 heterocycles. The van der Waals surface area contributed by atoms with Crippen molar-refractivity contribution in [3.63, 3.8) is 0 Å². The van der Waals surface area contributed by atoms with Crippen LogP contribution >= 0.6 is 0 Å². The van der Waals surface area contributed by atoms with E-state index in [4.69, 9.17) is 0 Å². The van der Waals surface area contributed by atoms with Gasteiger partial charge in [-0.05, 0) is 93.7 Å². The van der Waals surface area contributed by atoms with Crippen LogP contribution < -0.4 is 0 Å². The van der Waals surface area contributed by atoms with Gasteiger partial charge < -0.3 is 9.11 Å². The first-order valence-corrected chi connectivity index (χ1v) is 16.8. The molecular weight excluding hydrogens is 585 g/mol. The van der Waals surface area contributed by atoms with E-state index in [1.807, 2.05) is 24.3 Å². The summed E-state index contributed by atoms with van der Waals surface area (Å²) in [4.78, 5) is -0.212. The molecule has 216 valence electrons. The Morgan fingerprint density at radius 3 is 1.15 bits per heavy atom. The molecular formula is C32H38CaO6S2. The second kappa shape index (κ2) is 15.8. The second-order valence-electron chi connectivity index (χ2n) is 10.1. The number of aryl methyl sites for hydroxylation is 4. The van der Waals surface area contributed by atoms with Crippen molar-refractivity contribution in [2.75, 3.05) is 0 Å². The van der Waals surface area contributed by atoms with Crippen molar-refractivity contribution in [3.8, 4) is 0 Å². The zero-order chi connectivity index (χ0) is 29.5. The first-order valence-electron chi connectivity index (χ1n) is 13.9. The van der Waals surface area contributed by atoms with Gasteiger partial charge in [-0.15, -0.1) is 0 Å². The Balaban J connectivity index is 0.000000280. The quantitative estimate of drug-likeness (QED) is 0.140. The third kappa shape index (κ3) is 9.23. The van der Waals surface area contributed by atoms with Crippen LogP contribution in [0.2, 0.25) is 0 Å². The molecule has 0 fully saturated rings. The van der Waals surface area contributed by atoms with Gasteiger partial charge >= 0.3 is 37.7 Å². The molecule has 4 aromatic rings. The Morgan fingerprint density at radius 2 is 0.854 bits per heavy atom. The van der Waals surface area contributed by atoms with Crippen LogP contribution in [0.5, 0.6) is 0 Å². The molecule has 6 nitrogen and oxygen atoms in total. The summed E-state index contributed by atoms with van der Waals surface area (Å²) in [6.07, 6.45) is 7.50. The van der Waals surface area contributed by atoms with Crippen LogP contribution in [0, 0.1) is 0 Å². The van der Waals surface area contributed by atoms with Crippen molar-refractivity contribution in [3.05, 3.63) is 82.9 Å². The van der Waals surface area contributed by atoms with E-state index in [9.17, 15) is 25.9 Å². The van der Waals surface area contributed by atoms with Crippen molar-refractivity contribution in [2.45, 2.75) is 88.9 Å². The van der Waals surface area contributed by atoms with E-state index in [1.165, 1.54) is 12.1 Å². The van der Waals surface area contributed by atoms with Gasteiger partial charge in [0.15, 0.2) is 0 Å². The minimum Gasteiger partial charge on any atom is -0.744 e. The van der Waals surface area contributed by atoms with E-state index in [1.54, 1.807) is 12.1 Å². The number of hydrogen-bond acceptors (Lipinski definition) is 6. The summed E-state index contributed by atoms with van der Waals surface area (Å²) in [6, 6.07) is 17.8. The molecule has 0 saturated carbocycles. The molecule has 4 rings (SSSR count). The largest absolute Gasteiger partial charge is 2.00 e. The van der Waals surface area contributed by atoms with E-state index in [-0.39, 0.29) is 47.5 Å². The van der Waals surface area contributed by atoms with Gasteiger partial charge in [-0.25, -0.2) is 16.8 Å². The fraction of sp³-hybridized carbons (Fsp3) is 0.375. The maximum atomic E-state index is 11.4. The van der Waals surface area contributed by atoms with Gasteiger partial charge in [0.25, 0.3) is 0 Å². The Morgan fingerprint density at radius 1 is 0.512 bits per heavy atom. The van der Waals surface area contributed by atoms with Crippen LogP contribution in [0.1, 0.15) is 75.6 Å². The van der Waals surface area contributed by atoms with Crippen LogP contribution in [-0.4, -0.2) is 63.7 Å². The summed E-state index contributed by atoms with van der Waals surface area (Å²) in [7, 11) is -8.89. The molecule has 0 saturated heterocycles. The molecule has 9 heteroatoms. The topological polar surface area (TPSA) is 114 Å². The third-order valence-corrected chi connectivity index (χ3v) is 8.65. The number of fused-ring (bicyclic) bond motifs is 2. The van der Waals surface area contributed by atoms with Crippen LogP contribution in [-0.2, 0) is 45.9 Å². The van der Waals surface area contributed by atoms with Crippen molar-refractivity contribution in [1.29, 1.82) is 0 Å². The molecule has 0 unspecified atom stereocenters. The Bertz CT molecular complexity index is 1570. The first-order chi connectivity index (χ1) is 18.9. The smallest absolute Gasteiger partial charge is 0.744 e. The molecule has 4 aromatic carbocycles. The van der Waals surface area contributed by atoms with Gasteiger partial charge in [-0.3, -0.25) is 0 Å². The minimum atomic E-state index is -4.44. The SMILES string of the molecule is CCCc1cc(CCC)c2cccc(S(=O)(=O)[O-])c2c1.CCCc1cc(CCC)c2cccc(S(=O)(=O)[O-])c2c1.[Ca+2]. The predicted octanol–water partition coefficient (Wildman–Crippen LogP) is 6.92. The average Bonchev–Trinajstić information content (AvgIpc) is 2.88. The van der Waals surface area contributed by atoms with Crippen molar-refractivity contribution in [1.82, 2.24) is 0 Å². The van der Waals surface area contributed by atoms with Crippen LogP contribution in [0.4, 0.5) is 0 Å². The molecule has 0 aliphatic heterocycles. The summed E-state index contributed by atoms with van der Waals surface area (Å²) >= 11 is 0. The van der Waals surface area contributed by atoms with Crippen LogP contribution in [0.25, 0.3) is 21.5 Å². The molecule has 0 aromatic heterocycles. The maximum Gasteiger partial charge on any atom is 2.00 e. The molecule has 0 aliphatic rings. The Hall–Kier alpha value is -1.52. The van der Waals surface area contributed by atoms with E-state index < -0.39 is 20.2 Å². The van der Waals surface area contributed by atoms with Crippen molar-refractivity contribution < 1.29 is 25.9 Å². The van der Waals surface area contributed by atoms with Gasteiger partial charge in [0.1, 0.15) is 20.2 Å². The zero-order valence-electron chi connectivity index (χ0n) is 24.4. The van der Waals surface area contributed by atoms with E-state index in [2.05, 4.69) is 39.8 Å². The van der Waals surface area contributed by atoms with Crippen molar-refractivity contribution >= 4 is 79.5 Å². The predicted molar refractivity (Wildman–Crippen MR) is 166 cm³/mol. The van der Waals surface area contributed by atoms with Gasteiger partial charge in [0.05, 0.1) is 9.79 Å². The monoisotopic (exact) mass is 622 g/mol. The molecule has 41 heavy (non-hydrogen) atoms. The molecule has 0 atom stereocenters. The van der Waals surface area contributed by atoms with E-state index >= 15 is 0 Å². The molecule has 0 amide bonds. The molecule has 0 radical (unpaired) electrons. The van der Waals surface area contributed by atoms with E-state index in [0.717, 1.165) is 84.4 Å². The second-order valence-corrected chi connectivity index (χ2v) is 12.8. The maximum absolute atomic E-state index is 11.4. The summed E-state index contributed by atoms with van der Waals surface area (Å²) in [5, 5.41) is 2.89. The van der Waals surface area contributed by atoms with E-state index in [0.29, 0.717) is 10.8 Å². The number of hydrogen-bond donors (Lipinski definition) is 0. The molecule has 0 aliphatic carbocycles. The Kier molecular flexibility index (Phi) is 13.8. The molecule has 0 bridgehead atoms. The fourth-order valence-corrected chi connectivity index (χ4v) is 6.62. The first kappa shape index (κ1) is 35.7. The minimum absolute atomic E-state index is 0. The fourth-order valence-electron chi connectivity index (χ4n) is 5.26. The van der Waals surface area contributed by atoms with Gasteiger partial charge in [0.2, 0.25) is 0 Å². The summed E-state index contributed by atoms with van der Waals surface area (Å²) in [6.45, 7) is 8.35. The standard InChI is InChI=1S/2C16H20O3S.Ca/c2*1-3-6-12-10-13(7-4-2)14-8-5-9-16(15(14)11-12)20(17,18)19;/h2*5,8-11H,3-4,6-7H2,1-2H3,(H,17,18,19);/q;;+2/p-2. The molecule has 0 spiro atoms. The number of benzene rings is 4. The molecule has 0 N–H and O–H groups in total. The van der Waals surface area contributed by atoms with Crippen LogP contribution in [0.3, 0.4) is 0 Å². The third-order valence-electron chi connectivity index (χ3n) is 6.86. The zero-order valence-corrected chi connectivity index (χ0v) is 28.2. The van der Waals surface area contributed by atoms with Crippen molar-refractivity contribution in [2.24, 2.45) is 0 Å². The Labute approximate surface area is 275 Å². The summed E-state index contributed by atoms with van der Waals surface area (Å²) in [5.74, 6) is 0.